The Hall–Kier alpha value is -0.570. The molecule has 0 aliphatic heterocycles. The summed E-state index contributed by atoms with van der Waals surface area (Å²) in [4.78, 5) is 11.5. The van der Waals surface area contributed by atoms with Crippen LogP contribution >= 0.6 is 0 Å². The largest absolute Gasteiger partial charge is 0.465 e. The minimum Gasteiger partial charge on any atom is -0.465 e. The van der Waals surface area contributed by atoms with Gasteiger partial charge in [-0.2, -0.15) is 0 Å². The molecule has 0 aromatic carbocycles. The Morgan fingerprint density at radius 3 is 2.72 bits per heavy atom. The predicted octanol–water partition coefficient (Wildman–Crippen LogP) is 3.44. The van der Waals surface area contributed by atoms with Crippen molar-refractivity contribution in [2.75, 3.05) is 6.61 Å². The average Bonchev–Trinajstić information content (AvgIpc) is 2.36. The Labute approximate surface area is 111 Å². The highest BCUT2D eigenvalue weighted by molar-refractivity contribution is 5.69. The molecule has 0 bridgehead atoms. The van der Waals surface area contributed by atoms with Crippen molar-refractivity contribution in [3.63, 3.8) is 0 Å². The Morgan fingerprint density at radius 2 is 2.00 bits per heavy atom. The van der Waals surface area contributed by atoms with E-state index in [-0.39, 0.29) is 12.1 Å². The van der Waals surface area contributed by atoms with Gasteiger partial charge in [0.25, 0.3) is 0 Å². The molecule has 3 heteroatoms. The first-order valence-corrected chi connectivity index (χ1v) is 7.56. The van der Waals surface area contributed by atoms with Crippen LogP contribution in [0.5, 0.6) is 0 Å². The van der Waals surface area contributed by atoms with Crippen molar-refractivity contribution in [3.05, 3.63) is 0 Å². The van der Waals surface area contributed by atoms with Gasteiger partial charge in [0, 0.05) is 6.42 Å². The molecular weight excluding hydrogens is 228 g/mol. The molecule has 0 aromatic heterocycles. The van der Waals surface area contributed by atoms with E-state index in [2.05, 4.69) is 6.92 Å². The number of aliphatic hydroxyl groups is 1. The maximum atomic E-state index is 11.5. The highest BCUT2D eigenvalue weighted by atomic mass is 16.5. The SMILES string of the molecule is CCCCCCCC(=O)OCC1CCC[C@@H](O)C1. The normalized spacial score (nSPS) is 23.9. The van der Waals surface area contributed by atoms with Gasteiger partial charge in [-0.05, 0) is 31.6 Å². The molecule has 1 N–H and O–H groups in total. The van der Waals surface area contributed by atoms with Gasteiger partial charge in [-0.15, -0.1) is 0 Å². The third kappa shape index (κ3) is 7.00. The zero-order valence-electron chi connectivity index (χ0n) is 11.7. The van der Waals surface area contributed by atoms with Gasteiger partial charge in [-0.3, -0.25) is 4.79 Å². The molecule has 1 fully saturated rings. The van der Waals surface area contributed by atoms with Crippen LogP contribution in [0.25, 0.3) is 0 Å². The summed E-state index contributed by atoms with van der Waals surface area (Å²) >= 11 is 0. The molecule has 1 aliphatic carbocycles. The molecule has 1 saturated carbocycles. The summed E-state index contributed by atoms with van der Waals surface area (Å²) in [6.45, 7) is 2.69. The number of esters is 1. The van der Waals surface area contributed by atoms with Gasteiger partial charge in [0.2, 0.25) is 0 Å². The van der Waals surface area contributed by atoms with Gasteiger partial charge in [0.1, 0.15) is 0 Å². The number of hydrogen-bond acceptors (Lipinski definition) is 3. The van der Waals surface area contributed by atoms with E-state index < -0.39 is 0 Å². The van der Waals surface area contributed by atoms with Crippen molar-refractivity contribution in [2.45, 2.75) is 77.2 Å². The van der Waals surface area contributed by atoms with Gasteiger partial charge in [-0.1, -0.05) is 39.0 Å². The number of ether oxygens (including phenoxy) is 1. The smallest absolute Gasteiger partial charge is 0.305 e. The zero-order chi connectivity index (χ0) is 13.2. The second-order valence-electron chi connectivity index (χ2n) is 5.53. The van der Waals surface area contributed by atoms with E-state index in [9.17, 15) is 9.90 Å². The molecule has 0 heterocycles. The molecule has 2 atom stereocenters. The number of hydrogen-bond donors (Lipinski definition) is 1. The first-order chi connectivity index (χ1) is 8.72. The first-order valence-electron chi connectivity index (χ1n) is 7.56. The fraction of sp³-hybridized carbons (Fsp3) is 0.933. The molecule has 3 nitrogen and oxygen atoms in total. The van der Waals surface area contributed by atoms with Gasteiger partial charge >= 0.3 is 5.97 Å². The van der Waals surface area contributed by atoms with Crippen molar-refractivity contribution in [1.29, 1.82) is 0 Å². The van der Waals surface area contributed by atoms with Crippen LogP contribution in [0.3, 0.4) is 0 Å². The molecule has 0 amide bonds. The number of rotatable bonds is 8. The Kier molecular flexibility index (Phi) is 8.06. The van der Waals surface area contributed by atoms with Crippen LogP contribution < -0.4 is 0 Å². The van der Waals surface area contributed by atoms with E-state index in [1.807, 2.05) is 0 Å². The molecule has 106 valence electrons. The lowest BCUT2D eigenvalue weighted by molar-refractivity contribution is -0.145. The van der Waals surface area contributed by atoms with E-state index >= 15 is 0 Å². The highest BCUT2D eigenvalue weighted by Crippen LogP contribution is 2.24. The lowest BCUT2D eigenvalue weighted by atomic mass is 9.88. The van der Waals surface area contributed by atoms with Crippen LogP contribution in [0.2, 0.25) is 0 Å². The zero-order valence-corrected chi connectivity index (χ0v) is 11.7. The summed E-state index contributed by atoms with van der Waals surface area (Å²) in [7, 11) is 0. The predicted molar refractivity (Wildman–Crippen MR) is 72.3 cm³/mol. The molecular formula is C15H28O3. The second kappa shape index (κ2) is 9.37. The lowest BCUT2D eigenvalue weighted by Crippen LogP contribution is -2.24. The van der Waals surface area contributed by atoms with Crippen molar-refractivity contribution in [1.82, 2.24) is 0 Å². The standard InChI is InChI=1S/C15H28O3/c1-2-3-4-5-6-10-15(17)18-12-13-8-7-9-14(16)11-13/h13-14,16H,2-12H2,1H3/t13?,14-/m1/s1. The van der Waals surface area contributed by atoms with Crippen LogP contribution in [0.15, 0.2) is 0 Å². The van der Waals surface area contributed by atoms with Gasteiger partial charge < -0.3 is 9.84 Å². The van der Waals surface area contributed by atoms with Crippen molar-refractivity contribution >= 4 is 5.97 Å². The monoisotopic (exact) mass is 256 g/mol. The Balaban J connectivity index is 1.99. The fourth-order valence-corrected chi connectivity index (χ4v) is 2.57. The van der Waals surface area contributed by atoms with Crippen LogP contribution in [0.4, 0.5) is 0 Å². The summed E-state index contributed by atoms with van der Waals surface area (Å²) in [5.74, 6) is 0.310. The van der Waals surface area contributed by atoms with E-state index in [4.69, 9.17) is 4.74 Å². The molecule has 0 spiro atoms. The number of carbonyl (C=O) groups excluding carboxylic acids is 1. The molecule has 1 rings (SSSR count). The molecule has 0 aromatic rings. The van der Waals surface area contributed by atoms with E-state index in [1.165, 1.54) is 19.3 Å². The van der Waals surface area contributed by atoms with Crippen molar-refractivity contribution in [3.8, 4) is 0 Å². The Bertz CT molecular complexity index is 228. The number of aliphatic hydroxyl groups excluding tert-OH is 1. The van der Waals surface area contributed by atoms with Crippen LogP contribution in [-0.4, -0.2) is 23.8 Å². The lowest BCUT2D eigenvalue weighted by Gasteiger charge is -2.25. The molecule has 18 heavy (non-hydrogen) atoms. The average molecular weight is 256 g/mol. The molecule has 0 saturated heterocycles. The van der Waals surface area contributed by atoms with Gasteiger partial charge in [0.05, 0.1) is 12.7 Å². The molecule has 0 radical (unpaired) electrons. The van der Waals surface area contributed by atoms with E-state index in [0.717, 1.165) is 38.5 Å². The van der Waals surface area contributed by atoms with Gasteiger partial charge in [0.15, 0.2) is 0 Å². The second-order valence-corrected chi connectivity index (χ2v) is 5.53. The summed E-state index contributed by atoms with van der Waals surface area (Å²) in [5, 5.41) is 9.53. The molecule has 1 unspecified atom stereocenters. The minimum atomic E-state index is -0.184. The minimum absolute atomic E-state index is 0.0634. The topological polar surface area (TPSA) is 46.5 Å². The number of carbonyl (C=O) groups is 1. The maximum Gasteiger partial charge on any atom is 0.305 e. The van der Waals surface area contributed by atoms with Crippen LogP contribution in [0.1, 0.15) is 71.1 Å². The maximum absolute atomic E-state index is 11.5. The quantitative estimate of drug-likeness (QED) is 0.534. The van der Waals surface area contributed by atoms with Gasteiger partial charge in [-0.25, -0.2) is 0 Å². The van der Waals surface area contributed by atoms with E-state index in [1.54, 1.807) is 0 Å². The third-order valence-corrected chi connectivity index (χ3v) is 3.72. The van der Waals surface area contributed by atoms with Crippen LogP contribution in [-0.2, 0) is 9.53 Å². The summed E-state index contributed by atoms with van der Waals surface area (Å²) in [6, 6.07) is 0. The number of unbranched alkanes of at least 4 members (excludes halogenated alkanes) is 4. The fourth-order valence-electron chi connectivity index (χ4n) is 2.57. The van der Waals surface area contributed by atoms with Crippen molar-refractivity contribution < 1.29 is 14.6 Å². The summed E-state index contributed by atoms with van der Waals surface area (Å²) in [6.07, 6.45) is 10.0. The van der Waals surface area contributed by atoms with Crippen molar-refractivity contribution in [2.24, 2.45) is 5.92 Å². The summed E-state index contributed by atoms with van der Waals surface area (Å²) < 4.78 is 5.29. The Morgan fingerprint density at radius 1 is 1.22 bits per heavy atom. The van der Waals surface area contributed by atoms with E-state index in [0.29, 0.717) is 18.9 Å². The highest BCUT2D eigenvalue weighted by Gasteiger charge is 2.21. The van der Waals surface area contributed by atoms with Crippen LogP contribution in [0, 0.1) is 5.92 Å². The third-order valence-electron chi connectivity index (χ3n) is 3.72. The first kappa shape index (κ1) is 15.5. The summed E-state index contributed by atoms with van der Waals surface area (Å²) in [5.41, 5.74) is 0. The molecule has 1 aliphatic rings.